The van der Waals surface area contributed by atoms with Gasteiger partial charge in [0.15, 0.2) is 5.78 Å². The number of benzene rings is 1. The van der Waals surface area contributed by atoms with Gasteiger partial charge in [-0.2, -0.15) is 13.2 Å². The molecule has 1 rings (SSSR count). The van der Waals surface area contributed by atoms with Gasteiger partial charge < -0.3 is 0 Å². The zero-order valence-electron chi connectivity index (χ0n) is 9.80. The fourth-order valence-electron chi connectivity index (χ4n) is 1.48. The fraction of sp³-hybridized carbons (Fsp3) is 0.417. The van der Waals surface area contributed by atoms with E-state index in [1.165, 1.54) is 13.1 Å². The molecule has 0 saturated carbocycles. The minimum absolute atomic E-state index is 0.0346. The quantitative estimate of drug-likeness (QED) is 0.770. The van der Waals surface area contributed by atoms with Crippen molar-refractivity contribution in [3.05, 3.63) is 34.9 Å². The van der Waals surface area contributed by atoms with Crippen LogP contribution in [-0.2, 0) is 0 Å². The molecule has 0 radical (unpaired) electrons. The SMILES string of the molecule is CN(CCC(=O)c1cccc(Cl)c1)CC(F)(F)F. The Kier molecular flexibility index (Phi) is 5.16. The molecular formula is C12H13ClF3NO. The zero-order valence-corrected chi connectivity index (χ0v) is 10.6. The van der Waals surface area contributed by atoms with E-state index in [4.69, 9.17) is 11.6 Å². The lowest BCUT2D eigenvalue weighted by Gasteiger charge is -2.17. The van der Waals surface area contributed by atoms with Crippen LogP contribution < -0.4 is 0 Å². The molecule has 0 aliphatic carbocycles. The summed E-state index contributed by atoms with van der Waals surface area (Å²) >= 11 is 5.73. The molecule has 1 aromatic rings. The summed E-state index contributed by atoms with van der Waals surface area (Å²) in [6.45, 7) is -0.958. The Labute approximate surface area is 108 Å². The van der Waals surface area contributed by atoms with Gasteiger partial charge >= 0.3 is 6.18 Å². The van der Waals surface area contributed by atoms with E-state index in [0.29, 0.717) is 10.6 Å². The van der Waals surface area contributed by atoms with Crippen LogP contribution in [0, 0.1) is 0 Å². The molecule has 0 saturated heterocycles. The fourth-order valence-corrected chi connectivity index (χ4v) is 1.67. The van der Waals surface area contributed by atoms with E-state index in [2.05, 4.69) is 0 Å². The molecular weight excluding hydrogens is 267 g/mol. The molecule has 0 N–H and O–H groups in total. The monoisotopic (exact) mass is 279 g/mol. The molecule has 0 aliphatic heterocycles. The molecule has 100 valence electrons. The van der Waals surface area contributed by atoms with Crippen molar-refractivity contribution in [3.63, 3.8) is 0 Å². The number of ketones is 1. The smallest absolute Gasteiger partial charge is 0.298 e. The molecule has 0 heterocycles. The minimum Gasteiger partial charge on any atom is -0.298 e. The Morgan fingerprint density at radius 2 is 2.06 bits per heavy atom. The van der Waals surface area contributed by atoms with Crippen LogP contribution in [0.3, 0.4) is 0 Å². The largest absolute Gasteiger partial charge is 0.401 e. The van der Waals surface area contributed by atoms with Crippen molar-refractivity contribution in [1.82, 2.24) is 4.90 Å². The van der Waals surface area contributed by atoms with Crippen LogP contribution in [0.4, 0.5) is 13.2 Å². The second kappa shape index (κ2) is 6.20. The van der Waals surface area contributed by atoms with Gasteiger partial charge in [0.05, 0.1) is 6.54 Å². The summed E-state index contributed by atoms with van der Waals surface area (Å²) in [4.78, 5) is 12.8. The molecule has 18 heavy (non-hydrogen) atoms. The highest BCUT2D eigenvalue weighted by molar-refractivity contribution is 6.31. The molecule has 0 amide bonds. The van der Waals surface area contributed by atoms with E-state index in [0.717, 1.165) is 4.90 Å². The Morgan fingerprint density at radius 1 is 1.39 bits per heavy atom. The molecule has 0 fully saturated rings. The van der Waals surface area contributed by atoms with Crippen molar-refractivity contribution < 1.29 is 18.0 Å². The third-order valence-corrected chi connectivity index (χ3v) is 2.55. The molecule has 1 aromatic carbocycles. The van der Waals surface area contributed by atoms with Crippen LogP contribution in [0.15, 0.2) is 24.3 Å². The summed E-state index contributed by atoms with van der Waals surface area (Å²) in [5.74, 6) is -0.216. The Morgan fingerprint density at radius 3 is 2.61 bits per heavy atom. The van der Waals surface area contributed by atoms with Crippen LogP contribution in [0.5, 0.6) is 0 Å². The predicted octanol–water partition coefficient (Wildman–Crippen LogP) is 3.41. The van der Waals surface area contributed by atoms with Crippen LogP contribution >= 0.6 is 11.6 Å². The van der Waals surface area contributed by atoms with Gasteiger partial charge in [-0.15, -0.1) is 0 Å². The van der Waals surface area contributed by atoms with Gasteiger partial charge in [0.25, 0.3) is 0 Å². The maximum atomic E-state index is 12.1. The molecule has 2 nitrogen and oxygen atoms in total. The number of carbonyl (C=O) groups is 1. The third-order valence-electron chi connectivity index (χ3n) is 2.32. The van der Waals surface area contributed by atoms with E-state index in [1.807, 2.05) is 0 Å². The lowest BCUT2D eigenvalue weighted by molar-refractivity contribution is -0.142. The zero-order chi connectivity index (χ0) is 13.8. The average molecular weight is 280 g/mol. The summed E-state index contributed by atoms with van der Waals surface area (Å²) in [6.07, 6.45) is -4.21. The Hall–Kier alpha value is -1.07. The molecule has 0 spiro atoms. The number of Topliss-reactive ketones (excluding diaryl/α,β-unsaturated/α-hetero) is 1. The second-order valence-electron chi connectivity index (χ2n) is 4.04. The standard InChI is InChI=1S/C12H13ClF3NO/c1-17(8-12(14,15)16)6-5-11(18)9-3-2-4-10(13)7-9/h2-4,7H,5-6,8H2,1H3. The first-order valence-corrected chi connectivity index (χ1v) is 5.70. The van der Waals surface area contributed by atoms with Crippen molar-refractivity contribution in [1.29, 1.82) is 0 Å². The third kappa shape index (κ3) is 5.51. The van der Waals surface area contributed by atoms with Gasteiger partial charge in [0, 0.05) is 23.6 Å². The van der Waals surface area contributed by atoms with Gasteiger partial charge in [-0.1, -0.05) is 23.7 Å². The lowest BCUT2D eigenvalue weighted by Crippen LogP contribution is -2.32. The lowest BCUT2D eigenvalue weighted by atomic mass is 10.1. The number of alkyl halides is 3. The maximum Gasteiger partial charge on any atom is 0.401 e. The summed E-state index contributed by atoms with van der Waals surface area (Å²) in [5, 5.41) is 0.435. The van der Waals surface area contributed by atoms with E-state index < -0.39 is 12.7 Å². The highest BCUT2D eigenvalue weighted by atomic mass is 35.5. The predicted molar refractivity (Wildman–Crippen MR) is 64.0 cm³/mol. The van der Waals surface area contributed by atoms with Crippen molar-refractivity contribution in [3.8, 4) is 0 Å². The van der Waals surface area contributed by atoms with E-state index in [-0.39, 0.29) is 18.7 Å². The highest BCUT2D eigenvalue weighted by Gasteiger charge is 2.29. The second-order valence-corrected chi connectivity index (χ2v) is 4.47. The van der Waals surface area contributed by atoms with Crippen LogP contribution in [0.2, 0.25) is 5.02 Å². The van der Waals surface area contributed by atoms with Crippen LogP contribution in [0.25, 0.3) is 0 Å². The Balaban J connectivity index is 2.47. The first-order valence-electron chi connectivity index (χ1n) is 5.32. The molecule has 0 atom stereocenters. The Bertz CT molecular complexity index is 420. The summed E-state index contributed by atoms with van der Waals surface area (Å²) < 4.78 is 36.2. The van der Waals surface area contributed by atoms with Crippen molar-refractivity contribution >= 4 is 17.4 Å². The van der Waals surface area contributed by atoms with E-state index >= 15 is 0 Å². The molecule has 6 heteroatoms. The highest BCUT2D eigenvalue weighted by Crippen LogP contribution is 2.16. The topological polar surface area (TPSA) is 20.3 Å². The molecule has 0 bridgehead atoms. The molecule has 0 aliphatic rings. The first kappa shape index (κ1) is 15.0. The summed E-state index contributed by atoms with van der Waals surface area (Å²) in [7, 11) is 1.33. The van der Waals surface area contributed by atoms with E-state index in [1.54, 1.807) is 18.2 Å². The van der Waals surface area contributed by atoms with Crippen molar-refractivity contribution in [2.45, 2.75) is 12.6 Å². The number of rotatable bonds is 5. The van der Waals surface area contributed by atoms with E-state index in [9.17, 15) is 18.0 Å². The summed E-state index contributed by atoms with van der Waals surface area (Å²) in [5.41, 5.74) is 0.419. The first-order chi connectivity index (χ1) is 8.28. The normalized spacial score (nSPS) is 11.9. The summed E-state index contributed by atoms with van der Waals surface area (Å²) in [6, 6.07) is 6.37. The molecule has 0 unspecified atom stereocenters. The number of nitrogens with zero attached hydrogens (tertiary/aromatic N) is 1. The van der Waals surface area contributed by atoms with Crippen molar-refractivity contribution in [2.24, 2.45) is 0 Å². The van der Waals surface area contributed by atoms with Gasteiger partial charge in [-0.3, -0.25) is 9.69 Å². The number of carbonyl (C=O) groups excluding carboxylic acids is 1. The van der Waals surface area contributed by atoms with Crippen LogP contribution in [0.1, 0.15) is 16.8 Å². The number of hydrogen-bond acceptors (Lipinski definition) is 2. The number of hydrogen-bond donors (Lipinski definition) is 0. The average Bonchev–Trinajstić information content (AvgIpc) is 2.23. The maximum absolute atomic E-state index is 12.1. The van der Waals surface area contributed by atoms with Gasteiger partial charge in [-0.25, -0.2) is 0 Å². The molecule has 0 aromatic heterocycles. The van der Waals surface area contributed by atoms with Crippen LogP contribution in [-0.4, -0.2) is 37.0 Å². The number of halogens is 4. The van der Waals surface area contributed by atoms with Gasteiger partial charge in [-0.05, 0) is 19.2 Å². The van der Waals surface area contributed by atoms with Crippen molar-refractivity contribution in [2.75, 3.05) is 20.1 Å². The van der Waals surface area contributed by atoms with Gasteiger partial charge in [0.2, 0.25) is 0 Å². The van der Waals surface area contributed by atoms with Gasteiger partial charge in [0.1, 0.15) is 0 Å². The minimum atomic E-state index is -4.24.